The molecule has 19 heavy (non-hydrogen) atoms. The minimum Gasteiger partial charge on any atom is -0.476 e. The van der Waals surface area contributed by atoms with E-state index in [-0.39, 0.29) is 11.5 Å². The van der Waals surface area contributed by atoms with Crippen LogP contribution >= 0.6 is 0 Å². The highest BCUT2D eigenvalue weighted by atomic mass is 19.1. The molecule has 1 aromatic carbocycles. The smallest absolute Gasteiger partial charge is 0.356 e. The Morgan fingerprint density at radius 2 is 2.21 bits per heavy atom. The Morgan fingerprint density at radius 1 is 1.42 bits per heavy atom. The van der Waals surface area contributed by atoms with Gasteiger partial charge in [0.1, 0.15) is 5.82 Å². The summed E-state index contributed by atoms with van der Waals surface area (Å²) in [5, 5.41) is 13.3. The molecule has 0 saturated heterocycles. The predicted molar refractivity (Wildman–Crippen MR) is 67.2 cm³/mol. The molecule has 1 N–H and O–H groups in total. The van der Waals surface area contributed by atoms with Crippen molar-refractivity contribution in [1.29, 1.82) is 0 Å². The summed E-state index contributed by atoms with van der Waals surface area (Å²) in [4.78, 5) is 11.2. The van der Waals surface area contributed by atoms with Crippen LogP contribution in [-0.4, -0.2) is 20.9 Å². The van der Waals surface area contributed by atoms with E-state index in [1.54, 1.807) is 23.7 Å². The third-order valence-corrected chi connectivity index (χ3v) is 3.60. The van der Waals surface area contributed by atoms with Gasteiger partial charge in [0.05, 0.1) is 5.69 Å². The zero-order chi connectivity index (χ0) is 13.6. The predicted octanol–water partition coefficient (Wildman–Crippen LogP) is 2.51. The van der Waals surface area contributed by atoms with E-state index in [0.29, 0.717) is 11.3 Å². The lowest BCUT2D eigenvalue weighted by atomic mass is 10.1. The van der Waals surface area contributed by atoms with E-state index in [4.69, 9.17) is 0 Å². The van der Waals surface area contributed by atoms with Gasteiger partial charge in [0.15, 0.2) is 5.69 Å². The molecule has 3 rings (SSSR count). The standard InChI is InChI=1S/C14H13FN2O2/c1-8-10(15)5-3-6-11(8)17-12-7-2-4-9(12)13(16-17)14(18)19/h3,5-6H,2,4,7H2,1H3,(H,18,19). The van der Waals surface area contributed by atoms with E-state index in [1.807, 2.05) is 0 Å². The molecule has 2 aromatic rings. The van der Waals surface area contributed by atoms with E-state index in [0.717, 1.165) is 30.5 Å². The molecule has 1 aliphatic rings. The molecule has 0 spiro atoms. The van der Waals surface area contributed by atoms with Crippen molar-refractivity contribution in [3.63, 3.8) is 0 Å². The average molecular weight is 260 g/mol. The first-order chi connectivity index (χ1) is 9.09. The average Bonchev–Trinajstić information content (AvgIpc) is 2.94. The fourth-order valence-corrected chi connectivity index (χ4v) is 2.63. The van der Waals surface area contributed by atoms with Gasteiger partial charge in [-0.05, 0) is 38.3 Å². The van der Waals surface area contributed by atoms with Crippen LogP contribution in [0.1, 0.15) is 33.7 Å². The second-order valence-electron chi connectivity index (χ2n) is 4.73. The number of hydrogen-bond acceptors (Lipinski definition) is 2. The van der Waals surface area contributed by atoms with Crippen molar-refractivity contribution in [2.24, 2.45) is 0 Å². The van der Waals surface area contributed by atoms with Crippen LogP contribution in [0.2, 0.25) is 0 Å². The summed E-state index contributed by atoms with van der Waals surface area (Å²) < 4.78 is 15.2. The Bertz CT molecular complexity index is 676. The van der Waals surface area contributed by atoms with Crippen molar-refractivity contribution in [1.82, 2.24) is 9.78 Å². The van der Waals surface area contributed by atoms with E-state index in [9.17, 15) is 14.3 Å². The maximum Gasteiger partial charge on any atom is 0.356 e. The molecule has 0 bridgehead atoms. The lowest BCUT2D eigenvalue weighted by Gasteiger charge is -2.09. The number of fused-ring (bicyclic) bond motifs is 1. The number of nitrogens with zero attached hydrogens (tertiary/aromatic N) is 2. The molecular formula is C14H13FN2O2. The number of rotatable bonds is 2. The molecule has 5 heteroatoms. The van der Waals surface area contributed by atoms with E-state index in [1.165, 1.54) is 6.07 Å². The summed E-state index contributed by atoms with van der Waals surface area (Å²) in [6, 6.07) is 4.76. The number of aromatic nitrogens is 2. The minimum absolute atomic E-state index is 0.0937. The Kier molecular flexibility index (Phi) is 2.62. The zero-order valence-electron chi connectivity index (χ0n) is 10.5. The van der Waals surface area contributed by atoms with Crippen LogP contribution < -0.4 is 0 Å². The van der Waals surface area contributed by atoms with Gasteiger partial charge < -0.3 is 5.11 Å². The van der Waals surface area contributed by atoms with Crippen molar-refractivity contribution in [2.45, 2.75) is 26.2 Å². The van der Waals surface area contributed by atoms with Gasteiger partial charge in [0.25, 0.3) is 0 Å². The van der Waals surface area contributed by atoms with Crippen LogP contribution in [-0.2, 0) is 12.8 Å². The summed E-state index contributed by atoms with van der Waals surface area (Å²) in [6.07, 6.45) is 2.43. The molecule has 1 aromatic heterocycles. The zero-order valence-corrected chi connectivity index (χ0v) is 10.5. The summed E-state index contributed by atoms with van der Waals surface area (Å²) in [5.74, 6) is -1.33. The van der Waals surface area contributed by atoms with Crippen molar-refractivity contribution in [3.05, 3.63) is 46.5 Å². The highest BCUT2D eigenvalue weighted by molar-refractivity contribution is 5.87. The highest BCUT2D eigenvalue weighted by Crippen LogP contribution is 2.29. The SMILES string of the molecule is Cc1c(F)cccc1-n1nc(C(=O)O)c2c1CCC2. The Morgan fingerprint density at radius 3 is 2.95 bits per heavy atom. The minimum atomic E-state index is -1.02. The number of carboxylic acids is 1. The van der Waals surface area contributed by atoms with E-state index in [2.05, 4.69) is 5.10 Å². The second kappa shape index (κ2) is 4.19. The van der Waals surface area contributed by atoms with Gasteiger partial charge in [-0.25, -0.2) is 13.9 Å². The fourth-order valence-electron chi connectivity index (χ4n) is 2.63. The molecule has 4 nitrogen and oxygen atoms in total. The number of aromatic carboxylic acids is 1. The molecule has 0 radical (unpaired) electrons. The number of halogens is 1. The summed E-state index contributed by atoms with van der Waals surface area (Å²) in [7, 11) is 0. The van der Waals surface area contributed by atoms with Crippen LogP contribution in [0, 0.1) is 12.7 Å². The first kappa shape index (κ1) is 11.9. The Balaban J connectivity index is 2.24. The molecule has 1 aliphatic carbocycles. The molecule has 0 unspecified atom stereocenters. The van der Waals surface area contributed by atoms with Crippen LogP contribution in [0.4, 0.5) is 4.39 Å². The molecule has 0 atom stereocenters. The monoisotopic (exact) mass is 260 g/mol. The number of carbonyl (C=O) groups is 1. The van der Waals surface area contributed by atoms with Gasteiger partial charge in [0, 0.05) is 16.8 Å². The van der Waals surface area contributed by atoms with E-state index >= 15 is 0 Å². The number of carboxylic acid groups (broad SMARTS) is 1. The number of benzene rings is 1. The summed E-state index contributed by atoms with van der Waals surface area (Å²) >= 11 is 0. The van der Waals surface area contributed by atoms with Gasteiger partial charge in [-0.15, -0.1) is 0 Å². The second-order valence-corrected chi connectivity index (χ2v) is 4.73. The van der Waals surface area contributed by atoms with Gasteiger partial charge >= 0.3 is 5.97 Å². The maximum absolute atomic E-state index is 13.6. The van der Waals surface area contributed by atoms with Gasteiger partial charge in [-0.1, -0.05) is 6.07 Å². The molecular weight excluding hydrogens is 247 g/mol. The normalized spacial score (nSPS) is 13.6. The highest BCUT2D eigenvalue weighted by Gasteiger charge is 2.27. The Labute approximate surface area is 109 Å². The van der Waals surface area contributed by atoms with Crippen molar-refractivity contribution in [3.8, 4) is 5.69 Å². The molecule has 0 amide bonds. The number of hydrogen-bond donors (Lipinski definition) is 1. The third kappa shape index (κ3) is 1.73. The van der Waals surface area contributed by atoms with Crippen LogP contribution in [0.25, 0.3) is 5.69 Å². The maximum atomic E-state index is 13.6. The lowest BCUT2D eigenvalue weighted by Crippen LogP contribution is -2.06. The lowest BCUT2D eigenvalue weighted by molar-refractivity contribution is 0.0689. The molecule has 0 aliphatic heterocycles. The topological polar surface area (TPSA) is 55.1 Å². The van der Waals surface area contributed by atoms with Crippen molar-refractivity contribution < 1.29 is 14.3 Å². The Hall–Kier alpha value is -2.17. The summed E-state index contributed by atoms with van der Waals surface area (Å²) in [5.41, 5.74) is 2.88. The molecule has 1 heterocycles. The van der Waals surface area contributed by atoms with Gasteiger partial charge in [0.2, 0.25) is 0 Å². The summed E-state index contributed by atoms with van der Waals surface area (Å²) in [6.45, 7) is 1.67. The molecule has 0 saturated carbocycles. The van der Waals surface area contributed by atoms with Crippen LogP contribution in [0.5, 0.6) is 0 Å². The van der Waals surface area contributed by atoms with Crippen molar-refractivity contribution in [2.75, 3.05) is 0 Å². The largest absolute Gasteiger partial charge is 0.476 e. The third-order valence-electron chi connectivity index (χ3n) is 3.60. The van der Waals surface area contributed by atoms with Gasteiger partial charge in [-0.2, -0.15) is 5.10 Å². The first-order valence-electron chi connectivity index (χ1n) is 6.19. The van der Waals surface area contributed by atoms with Crippen LogP contribution in [0.15, 0.2) is 18.2 Å². The molecule has 0 fully saturated rings. The van der Waals surface area contributed by atoms with Crippen molar-refractivity contribution >= 4 is 5.97 Å². The van der Waals surface area contributed by atoms with Crippen LogP contribution in [0.3, 0.4) is 0 Å². The fraction of sp³-hybridized carbons (Fsp3) is 0.286. The first-order valence-corrected chi connectivity index (χ1v) is 6.19. The van der Waals surface area contributed by atoms with Gasteiger partial charge in [-0.3, -0.25) is 0 Å². The molecule has 98 valence electrons. The quantitative estimate of drug-likeness (QED) is 0.902. The van der Waals surface area contributed by atoms with E-state index < -0.39 is 5.97 Å².